The number of likely N-dealkylation sites (N-methyl/N-ethyl adjacent to an activating group) is 1. The lowest BCUT2D eigenvalue weighted by molar-refractivity contribution is 0.311. The number of aromatic nitrogens is 1. The number of aryl methyl sites for hydroxylation is 1. The molecular formula is C23H28N4O3S. The zero-order chi connectivity index (χ0) is 21.6. The summed E-state index contributed by atoms with van der Waals surface area (Å²) in [6, 6.07) is 11.3. The summed E-state index contributed by atoms with van der Waals surface area (Å²) in [6.45, 7) is 7.09. The van der Waals surface area contributed by atoms with Gasteiger partial charge in [0.2, 0.25) is 0 Å². The summed E-state index contributed by atoms with van der Waals surface area (Å²) >= 11 is 0. The van der Waals surface area contributed by atoms with Crippen molar-refractivity contribution in [3.63, 3.8) is 0 Å². The average Bonchev–Trinajstić information content (AvgIpc) is 3.18. The van der Waals surface area contributed by atoms with E-state index in [4.69, 9.17) is 4.74 Å². The van der Waals surface area contributed by atoms with Gasteiger partial charge < -0.3 is 19.9 Å². The summed E-state index contributed by atoms with van der Waals surface area (Å²) in [6.07, 6.45) is 2.55. The van der Waals surface area contributed by atoms with Gasteiger partial charge >= 0.3 is 0 Å². The first-order chi connectivity index (χ1) is 15.0. The van der Waals surface area contributed by atoms with E-state index in [1.807, 2.05) is 18.0 Å². The predicted molar refractivity (Wildman–Crippen MR) is 124 cm³/mol. The van der Waals surface area contributed by atoms with Gasteiger partial charge in [0.1, 0.15) is 12.4 Å². The van der Waals surface area contributed by atoms with Gasteiger partial charge in [0, 0.05) is 50.5 Å². The van der Waals surface area contributed by atoms with Crippen molar-refractivity contribution in [3.05, 3.63) is 48.2 Å². The Morgan fingerprint density at radius 1 is 1.06 bits per heavy atom. The fourth-order valence-electron chi connectivity index (χ4n) is 4.46. The van der Waals surface area contributed by atoms with Crippen LogP contribution in [0.5, 0.6) is 5.75 Å². The van der Waals surface area contributed by atoms with Crippen LogP contribution in [-0.4, -0.2) is 58.8 Å². The van der Waals surface area contributed by atoms with Crippen LogP contribution in [0.3, 0.4) is 0 Å². The Kier molecular flexibility index (Phi) is 5.06. The van der Waals surface area contributed by atoms with E-state index >= 15 is 0 Å². The van der Waals surface area contributed by atoms with Crippen molar-refractivity contribution in [2.75, 3.05) is 56.2 Å². The molecule has 8 heteroatoms. The number of ether oxygens (including phenoxy) is 1. The number of fused-ring (bicyclic) bond motifs is 2. The second-order valence-corrected chi connectivity index (χ2v) is 9.96. The normalized spacial score (nSPS) is 17.0. The highest BCUT2D eigenvalue weighted by Gasteiger charge is 2.25. The van der Waals surface area contributed by atoms with E-state index in [9.17, 15) is 8.42 Å². The minimum absolute atomic E-state index is 0.274. The lowest BCUT2D eigenvalue weighted by Gasteiger charge is -2.29. The first-order valence-corrected chi connectivity index (χ1v) is 12.3. The maximum Gasteiger partial charge on any atom is 0.268 e. The third kappa shape index (κ3) is 3.43. The molecule has 1 aromatic heterocycles. The number of anilines is 2. The summed E-state index contributed by atoms with van der Waals surface area (Å²) in [4.78, 5) is 4.61. The molecule has 0 spiro atoms. The maximum absolute atomic E-state index is 13.7. The average molecular weight is 441 g/mol. The monoisotopic (exact) mass is 440 g/mol. The summed E-state index contributed by atoms with van der Waals surface area (Å²) in [5.41, 5.74) is 3.63. The van der Waals surface area contributed by atoms with E-state index in [1.54, 1.807) is 24.4 Å². The van der Waals surface area contributed by atoms with Crippen molar-refractivity contribution in [1.82, 2.24) is 9.29 Å². The molecule has 3 aromatic rings. The Labute approximate surface area is 183 Å². The first-order valence-electron chi connectivity index (χ1n) is 10.8. The lowest BCUT2D eigenvalue weighted by Crippen LogP contribution is -2.43. The van der Waals surface area contributed by atoms with E-state index in [2.05, 4.69) is 29.3 Å². The lowest BCUT2D eigenvalue weighted by atomic mass is 10.1. The van der Waals surface area contributed by atoms with Gasteiger partial charge in [-0.2, -0.15) is 0 Å². The highest BCUT2D eigenvalue weighted by Crippen LogP contribution is 2.35. The van der Waals surface area contributed by atoms with Crippen molar-refractivity contribution in [2.24, 2.45) is 0 Å². The minimum Gasteiger partial charge on any atom is -0.490 e. The Balaban J connectivity index is 1.63. The SMILES string of the molecule is CCc1cn(S(=O)(=O)c2ccc3c(c2)N(C)CCO3)c2cc(N3CCNCC3)ccc12. The summed E-state index contributed by atoms with van der Waals surface area (Å²) in [7, 11) is -1.80. The fourth-order valence-corrected chi connectivity index (χ4v) is 5.86. The van der Waals surface area contributed by atoms with Gasteiger partial charge in [0.05, 0.1) is 22.6 Å². The van der Waals surface area contributed by atoms with Crippen LogP contribution in [0, 0.1) is 0 Å². The van der Waals surface area contributed by atoms with Gasteiger partial charge in [-0.3, -0.25) is 0 Å². The standard InChI is InChI=1S/C23H28N4O3S/c1-3-17-16-27(21-14-18(4-6-20(17)21)26-10-8-24-9-11-26)31(28,29)19-5-7-23-22(15-19)25(2)12-13-30-23/h4-7,14-16,24H,3,8-13H2,1-2H3. The van der Waals surface area contributed by atoms with Crippen LogP contribution in [-0.2, 0) is 16.4 Å². The van der Waals surface area contributed by atoms with Crippen LogP contribution < -0.4 is 19.9 Å². The highest BCUT2D eigenvalue weighted by atomic mass is 32.2. The molecule has 7 nitrogen and oxygen atoms in total. The van der Waals surface area contributed by atoms with Crippen LogP contribution >= 0.6 is 0 Å². The fraction of sp³-hybridized carbons (Fsp3) is 0.391. The summed E-state index contributed by atoms with van der Waals surface area (Å²) in [5.74, 6) is 0.723. The summed E-state index contributed by atoms with van der Waals surface area (Å²) in [5, 5.41) is 4.35. The van der Waals surface area contributed by atoms with Crippen molar-refractivity contribution < 1.29 is 13.2 Å². The maximum atomic E-state index is 13.7. The van der Waals surface area contributed by atoms with Crippen molar-refractivity contribution >= 4 is 32.3 Å². The molecule has 1 N–H and O–H groups in total. The zero-order valence-electron chi connectivity index (χ0n) is 18.0. The molecule has 3 heterocycles. The highest BCUT2D eigenvalue weighted by molar-refractivity contribution is 7.90. The van der Waals surface area contributed by atoms with Gasteiger partial charge in [-0.1, -0.05) is 13.0 Å². The van der Waals surface area contributed by atoms with Crippen LogP contribution in [0.2, 0.25) is 0 Å². The van der Waals surface area contributed by atoms with E-state index in [1.165, 1.54) is 3.97 Å². The molecule has 0 aliphatic carbocycles. The largest absolute Gasteiger partial charge is 0.490 e. The Bertz CT molecular complexity index is 1230. The Morgan fingerprint density at radius 3 is 2.65 bits per heavy atom. The molecule has 0 atom stereocenters. The topological polar surface area (TPSA) is 66.8 Å². The van der Waals surface area contributed by atoms with Crippen molar-refractivity contribution in [3.8, 4) is 5.75 Å². The van der Waals surface area contributed by atoms with Gasteiger partial charge in [-0.25, -0.2) is 12.4 Å². The number of nitrogens with one attached hydrogen (secondary N) is 1. The third-order valence-corrected chi connectivity index (χ3v) is 7.95. The van der Waals surface area contributed by atoms with Crippen LogP contribution in [0.25, 0.3) is 10.9 Å². The van der Waals surface area contributed by atoms with Gasteiger partial charge in [-0.15, -0.1) is 0 Å². The smallest absolute Gasteiger partial charge is 0.268 e. The molecule has 1 saturated heterocycles. The number of benzene rings is 2. The molecule has 2 aliphatic heterocycles. The quantitative estimate of drug-likeness (QED) is 0.673. The number of hydrogen-bond acceptors (Lipinski definition) is 6. The molecule has 0 bridgehead atoms. The molecule has 0 amide bonds. The molecule has 1 fully saturated rings. The van der Waals surface area contributed by atoms with Crippen molar-refractivity contribution in [1.29, 1.82) is 0 Å². The van der Waals surface area contributed by atoms with E-state index in [0.717, 1.165) is 72.7 Å². The second-order valence-electron chi connectivity index (χ2n) is 8.15. The van der Waals surface area contributed by atoms with Crippen LogP contribution in [0.4, 0.5) is 11.4 Å². The number of rotatable bonds is 4. The Morgan fingerprint density at radius 2 is 1.87 bits per heavy atom. The molecule has 31 heavy (non-hydrogen) atoms. The van der Waals surface area contributed by atoms with Gasteiger partial charge in [0.25, 0.3) is 10.0 Å². The van der Waals surface area contributed by atoms with Crippen LogP contribution in [0.1, 0.15) is 12.5 Å². The molecular weight excluding hydrogens is 412 g/mol. The Hall–Kier alpha value is -2.71. The number of piperazine rings is 1. The van der Waals surface area contributed by atoms with Gasteiger partial charge in [0.15, 0.2) is 0 Å². The van der Waals surface area contributed by atoms with Crippen molar-refractivity contribution in [2.45, 2.75) is 18.2 Å². The zero-order valence-corrected chi connectivity index (χ0v) is 18.8. The van der Waals surface area contributed by atoms with Gasteiger partial charge in [-0.05, 0) is 42.3 Å². The summed E-state index contributed by atoms with van der Waals surface area (Å²) < 4.78 is 34.6. The molecule has 0 radical (unpaired) electrons. The first kappa shape index (κ1) is 20.2. The minimum atomic E-state index is -3.76. The molecule has 2 aromatic carbocycles. The third-order valence-electron chi connectivity index (χ3n) is 6.28. The van der Waals surface area contributed by atoms with E-state index in [-0.39, 0.29) is 4.90 Å². The number of nitrogens with zero attached hydrogens (tertiary/aromatic N) is 3. The number of hydrogen-bond donors (Lipinski definition) is 1. The molecule has 5 rings (SSSR count). The molecule has 0 saturated carbocycles. The second kappa shape index (κ2) is 7.76. The molecule has 164 valence electrons. The molecule has 2 aliphatic rings. The van der Waals surface area contributed by atoms with Crippen LogP contribution in [0.15, 0.2) is 47.5 Å². The van der Waals surface area contributed by atoms with E-state index in [0.29, 0.717) is 6.61 Å². The molecule has 0 unspecified atom stereocenters. The van der Waals surface area contributed by atoms with E-state index < -0.39 is 10.0 Å². The predicted octanol–water partition coefficient (Wildman–Crippen LogP) is 2.68.